The van der Waals surface area contributed by atoms with E-state index in [1.54, 1.807) is 7.11 Å². The Morgan fingerprint density at radius 1 is 1.00 bits per heavy atom. The normalized spacial score (nSPS) is 17.0. The number of hydrogen-bond donors (Lipinski definition) is 1. The molecule has 154 valence electrons. The van der Waals surface area contributed by atoms with E-state index in [9.17, 15) is 4.79 Å². The van der Waals surface area contributed by atoms with Crippen LogP contribution >= 0.6 is 0 Å². The fraction of sp³-hybridized carbons (Fsp3) is 0.458. The second kappa shape index (κ2) is 9.21. The molecule has 0 bridgehead atoms. The van der Waals surface area contributed by atoms with E-state index < -0.39 is 0 Å². The van der Waals surface area contributed by atoms with E-state index in [0.29, 0.717) is 0 Å². The summed E-state index contributed by atoms with van der Waals surface area (Å²) in [6.07, 6.45) is 7.09. The molecule has 5 heteroatoms. The monoisotopic (exact) mass is 395 g/mol. The number of benzene rings is 2. The Kier molecular flexibility index (Phi) is 6.23. The average molecular weight is 395 g/mol. The Morgan fingerprint density at radius 3 is 2.45 bits per heavy atom. The lowest BCUT2D eigenvalue weighted by Gasteiger charge is -2.25. The maximum atomic E-state index is 12.9. The van der Waals surface area contributed by atoms with Gasteiger partial charge in [0.2, 0.25) is 12.7 Å². The number of fused-ring (bicyclic) bond motifs is 1. The molecule has 0 unspecified atom stereocenters. The summed E-state index contributed by atoms with van der Waals surface area (Å²) in [5.74, 6) is 2.76. The summed E-state index contributed by atoms with van der Waals surface area (Å²) in [6, 6.07) is 14.1. The second-order valence-electron chi connectivity index (χ2n) is 7.98. The summed E-state index contributed by atoms with van der Waals surface area (Å²) >= 11 is 0. The lowest BCUT2D eigenvalue weighted by Crippen LogP contribution is -2.42. The van der Waals surface area contributed by atoms with Crippen LogP contribution < -0.4 is 19.5 Å². The maximum Gasteiger partial charge on any atom is 0.231 e. The van der Waals surface area contributed by atoms with Gasteiger partial charge >= 0.3 is 0 Å². The second-order valence-corrected chi connectivity index (χ2v) is 7.98. The number of carbonyl (C=O) groups is 1. The van der Waals surface area contributed by atoms with Gasteiger partial charge in [-0.1, -0.05) is 37.5 Å². The Morgan fingerprint density at radius 2 is 1.69 bits per heavy atom. The van der Waals surface area contributed by atoms with Crippen LogP contribution in [0.1, 0.15) is 43.2 Å². The zero-order valence-corrected chi connectivity index (χ0v) is 17.0. The highest BCUT2D eigenvalue weighted by atomic mass is 16.7. The van der Waals surface area contributed by atoms with Gasteiger partial charge in [-0.25, -0.2) is 0 Å². The van der Waals surface area contributed by atoms with Crippen LogP contribution in [0.3, 0.4) is 0 Å². The van der Waals surface area contributed by atoms with Crippen molar-refractivity contribution >= 4 is 5.91 Å². The molecule has 0 radical (unpaired) electrons. The Labute approximate surface area is 172 Å². The van der Waals surface area contributed by atoms with Crippen molar-refractivity contribution in [1.82, 2.24) is 5.32 Å². The Hall–Kier alpha value is -2.69. The summed E-state index contributed by atoms with van der Waals surface area (Å²) in [4.78, 5) is 12.9. The lowest BCUT2D eigenvalue weighted by atomic mass is 9.88. The van der Waals surface area contributed by atoms with Crippen molar-refractivity contribution in [3.63, 3.8) is 0 Å². The summed E-state index contributed by atoms with van der Waals surface area (Å²) < 4.78 is 16.2. The topological polar surface area (TPSA) is 56.8 Å². The third kappa shape index (κ3) is 5.03. The van der Waals surface area contributed by atoms with Gasteiger partial charge in [-0.15, -0.1) is 0 Å². The Balaban J connectivity index is 1.48. The smallest absolute Gasteiger partial charge is 0.231 e. The molecule has 1 heterocycles. The fourth-order valence-corrected chi connectivity index (χ4v) is 4.26. The molecule has 2 aromatic carbocycles. The van der Waals surface area contributed by atoms with Crippen molar-refractivity contribution in [2.75, 3.05) is 13.9 Å². The Bertz CT molecular complexity index is 827. The predicted molar refractivity (Wildman–Crippen MR) is 111 cm³/mol. The molecule has 0 aromatic heterocycles. The molecule has 1 fully saturated rings. The minimum atomic E-state index is 0.0261. The molecule has 2 aromatic rings. The standard InChI is InChI=1S/C24H29NO4/c1-27-21-10-7-17(8-11-21)13-20(25-24(26)19-5-3-2-4-6-19)14-18-9-12-22-23(15-18)29-16-28-22/h7-12,15,19-20H,2-6,13-14,16H2,1H3,(H,25,26)/t20-/m0/s1. The highest BCUT2D eigenvalue weighted by Gasteiger charge is 2.24. The predicted octanol–water partition coefficient (Wildman–Crippen LogP) is 4.27. The van der Waals surface area contributed by atoms with E-state index in [4.69, 9.17) is 14.2 Å². The summed E-state index contributed by atoms with van der Waals surface area (Å²) in [7, 11) is 1.67. The first-order valence-electron chi connectivity index (χ1n) is 10.5. The molecular weight excluding hydrogens is 366 g/mol. The third-order valence-corrected chi connectivity index (χ3v) is 5.88. The van der Waals surface area contributed by atoms with Crippen LogP contribution in [-0.4, -0.2) is 25.9 Å². The molecular formula is C24H29NO4. The average Bonchev–Trinajstić information content (AvgIpc) is 3.23. The van der Waals surface area contributed by atoms with E-state index >= 15 is 0 Å². The molecule has 2 aliphatic rings. The van der Waals surface area contributed by atoms with Crippen molar-refractivity contribution in [1.29, 1.82) is 0 Å². The molecule has 1 N–H and O–H groups in total. The van der Waals surface area contributed by atoms with Crippen LogP contribution in [0, 0.1) is 5.92 Å². The van der Waals surface area contributed by atoms with Crippen LogP contribution in [-0.2, 0) is 17.6 Å². The first-order valence-corrected chi connectivity index (χ1v) is 10.5. The number of rotatable bonds is 7. The molecule has 1 amide bonds. The number of ether oxygens (including phenoxy) is 3. The van der Waals surface area contributed by atoms with Crippen molar-refractivity contribution in [3.05, 3.63) is 53.6 Å². The van der Waals surface area contributed by atoms with Gasteiger partial charge in [-0.3, -0.25) is 4.79 Å². The number of amides is 1. The largest absolute Gasteiger partial charge is 0.497 e. The van der Waals surface area contributed by atoms with Gasteiger partial charge in [0.05, 0.1) is 7.11 Å². The third-order valence-electron chi connectivity index (χ3n) is 5.88. The molecule has 1 aliphatic heterocycles. The molecule has 4 rings (SSSR count). The van der Waals surface area contributed by atoms with Gasteiger partial charge in [0, 0.05) is 12.0 Å². The van der Waals surface area contributed by atoms with Gasteiger partial charge in [-0.2, -0.15) is 0 Å². The van der Waals surface area contributed by atoms with Crippen LogP contribution in [0.15, 0.2) is 42.5 Å². The van der Waals surface area contributed by atoms with Crippen molar-refractivity contribution in [2.24, 2.45) is 5.92 Å². The molecule has 1 saturated carbocycles. The SMILES string of the molecule is COc1ccc(C[C@@H](Cc2ccc3c(c2)OCO3)NC(=O)C2CCCCC2)cc1. The molecule has 1 atom stereocenters. The van der Waals surface area contributed by atoms with Crippen molar-refractivity contribution in [3.8, 4) is 17.2 Å². The maximum absolute atomic E-state index is 12.9. The highest BCUT2D eigenvalue weighted by Crippen LogP contribution is 2.33. The van der Waals surface area contributed by atoms with Gasteiger partial charge in [-0.05, 0) is 61.1 Å². The van der Waals surface area contributed by atoms with E-state index in [-0.39, 0.29) is 24.7 Å². The first-order chi connectivity index (χ1) is 14.2. The highest BCUT2D eigenvalue weighted by molar-refractivity contribution is 5.79. The number of carbonyl (C=O) groups excluding carboxylic acids is 1. The molecule has 1 aliphatic carbocycles. The van der Waals surface area contributed by atoms with Gasteiger partial charge in [0.1, 0.15) is 5.75 Å². The van der Waals surface area contributed by atoms with Crippen LogP contribution in [0.5, 0.6) is 17.2 Å². The summed E-state index contributed by atoms with van der Waals surface area (Å²) in [5.41, 5.74) is 2.32. The van der Waals surface area contributed by atoms with E-state index in [1.807, 2.05) is 24.3 Å². The van der Waals surface area contributed by atoms with Gasteiger partial charge < -0.3 is 19.5 Å². The minimum absolute atomic E-state index is 0.0261. The summed E-state index contributed by atoms with van der Waals surface area (Å²) in [5, 5.41) is 3.34. The molecule has 0 saturated heterocycles. The van der Waals surface area contributed by atoms with E-state index in [2.05, 4.69) is 23.5 Å². The van der Waals surface area contributed by atoms with Crippen LogP contribution in [0.25, 0.3) is 0 Å². The fourth-order valence-electron chi connectivity index (χ4n) is 4.26. The quantitative estimate of drug-likeness (QED) is 0.760. The van der Waals surface area contributed by atoms with Gasteiger partial charge in [0.25, 0.3) is 0 Å². The van der Waals surface area contributed by atoms with Crippen molar-refractivity contribution < 1.29 is 19.0 Å². The zero-order valence-electron chi connectivity index (χ0n) is 17.0. The molecule has 29 heavy (non-hydrogen) atoms. The molecule has 5 nitrogen and oxygen atoms in total. The van der Waals surface area contributed by atoms with E-state index in [1.165, 1.54) is 12.0 Å². The number of methoxy groups -OCH3 is 1. The van der Waals surface area contributed by atoms with E-state index in [0.717, 1.165) is 61.3 Å². The number of nitrogens with one attached hydrogen (secondary N) is 1. The number of hydrogen-bond acceptors (Lipinski definition) is 4. The van der Waals surface area contributed by atoms with Crippen LogP contribution in [0.2, 0.25) is 0 Å². The first kappa shape index (κ1) is 19.6. The summed E-state index contributed by atoms with van der Waals surface area (Å²) in [6.45, 7) is 0.270. The minimum Gasteiger partial charge on any atom is -0.497 e. The van der Waals surface area contributed by atoms with Gasteiger partial charge in [0.15, 0.2) is 11.5 Å². The van der Waals surface area contributed by atoms with Crippen molar-refractivity contribution in [2.45, 2.75) is 51.0 Å². The lowest BCUT2D eigenvalue weighted by molar-refractivity contribution is -0.126. The zero-order chi connectivity index (χ0) is 20.1. The molecule has 0 spiro atoms. The van der Waals surface area contributed by atoms with Crippen LogP contribution in [0.4, 0.5) is 0 Å².